The summed E-state index contributed by atoms with van der Waals surface area (Å²) >= 11 is 0. The molecular weight excluding hydrogens is 324 g/mol. The first kappa shape index (κ1) is 17.3. The highest BCUT2D eigenvalue weighted by Gasteiger charge is 2.50. The van der Waals surface area contributed by atoms with E-state index in [9.17, 15) is 10.1 Å². The molecule has 134 valence electrons. The van der Waals surface area contributed by atoms with E-state index in [4.69, 9.17) is 4.74 Å². The van der Waals surface area contributed by atoms with Crippen molar-refractivity contribution < 1.29 is 9.66 Å². The number of aromatic nitrogens is 4. The highest BCUT2D eigenvalue weighted by molar-refractivity contribution is 5.45. The minimum atomic E-state index is -0.464. The molecular formula is C16H22N6O3. The second kappa shape index (κ2) is 6.40. The topological polar surface area (TPSA) is 99.2 Å². The van der Waals surface area contributed by atoms with Crippen molar-refractivity contribution in [3.63, 3.8) is 0 Å². The molecule has 3 rings (SSSR count). The van der Waals surface area contributed by atoms with Gasteiger partial charge in [0.25, 0.3) is 0 Å². The summed E-state index contributed by atoms with van der Waals surface area (Å²) < 4.78 is 7.24. The summed E-state index contributed by atoms with van der Waals surface area (Å²) in [4.78, 5) is 25.6. The number of nitrogens with zero attached hydrogens (tertiary/aromatic N) is 6. The summed E-state index contributed by atoms with van der Waals surface area (Å²) in [6.07, 6.45) is 4.99. The Labute approximate surface area is 145 Å². The number of methoxy groups -OCH3 is 1. The van der Waals surface area contributed by atoms with Crippen LogP contribution in [0.4, 0.5) is 11.6 Å². The van der Waals surface area contributed by atoms with Crippen molar-refractivity contribution in [2.24, 2.45) is 5.41 Å². The Kier molecular flexibility index (Phi) is 4.42. The van der Waals surface area contributed by atoms with Gasteiger partial charge in [-0.1, -0.05) is 13.8 Å². The van der Waals surface area contributed by atoms with E-state index in [0.717, 1.165) is 12.4 Å². The molecule has 1 unspecified atom stereocenters. The van der Waals surface area contributed by atoms with Crippen LogP contribution < -0.4 is 4.90 Å². The summed E-state index contributed by atoms with van der Waals surface area (Å²) in [5.74, 6) is 1.42. The van der Waals surface area contributed by atoms with E-state index < -0.39 is 4.92 Å². The first-order chi connectivity index (χ1) is 11.8. The van der Waals surface area contributed by atoms with Gasteiger partial charge < -0.3 is 14.2 Å². The highest BCUT2D eigenvalue weighted by Crippen LogP contribution is 2.49. The van der Waals surface area contributed by atoms with Gasteiger partial charge in [-0.25, -0.2) is 15.0 Å². The number of ether oxygens (including phenoxy) is 1. The zero-order valence-corrected chi connectivity index (χ0v) is 14.8. The molecule has 0 aliphatic carbocycles. The number of imidazole rings is 1. The molecule has 0 spiro atoms. The zero-order valence-electron chi connectivity index (χ0n) is 14.8. The third-order valence-corrected chi connectivity index (χ3v) is 4.55. The van der Waals surface area contributed by atoms with Crippen LogP contribution in [0.15, 0.2) is 18.6 Å². The first-order valence-corrected chi connectivity index (χ1v) is 8.10. The van der Waals surface area contributed by atoms with Crippen LogP contribution in [0.2, 0.25) is 0 Å². The number of rotatable bonds is 6. The maximum atomic E-state index is 11.0. The molecule has 0 radical (unpaired) electrons. The number of hydrogen-bond donors (Lipinski definition) is 0. The molecule has 25 heavy (non-hydrogen) atoms. The first-order valence-electron chi connectivity index (χ1n) is 8.10. The standard InChI is InChI=1S/C16H22N6O3/c1-11-12(22(23)24)9-18-15(19-11)21-10-16(2,3)13(21)14-17-5-6-20(14)7-8-25-4/h5-6,9,13H,7-8,10H2,1-4H3. The third-order valence-electron chi connectivity index (χ3n) is 4.55. The van der Waals surface area contributed by atoms with Crippen LogP contribution in [0.25, 0.3) is 0 Å². The average Bonchev–Trinajstić information content (AvgIpc) is 2.97. The molecule has 1 saturated heterocycles. The van der Waals surface area contributed by atoms with E-state index >= 15 is 0 Å². The summed E-state index contributed by atoms with van der Waals surface area (Å²) in [6.45, 7) is 8.04. The lowest BCUT2D eigenvalue weighted by molar-refractivity contribution is -0.386. The van der Waals surface area contributed by atoms with Gasteiger partial charge in [0.05, 0.1) is 17.6 Å². The van der Waals surface area contributed by atoms with Crippen molar-refractivity contribution >= 4 is 11.6 Å². The Balaban J connectivity index is 1.92. The van der Waals surface area contributed by atoms with E-state index in [-0.39, 0.29) is 17.1 Å². The SMILES string of the molecule is COCCn1ccnc1C1N(c2ncc([N+](=O)[O-])c(C)n2)CC1(C)C. The van der Waals surface area contributed by atoms with Gasteiger partial charge in [-0.15, -0.1) is 0 Å². The predicted octanol–water partition coefficient (Wildman–Crippen LogP) is 2.12. The molecule has 0 bridgehead atoms. The zero-order chi connectivity index (χ0) is 18.2. The van der Waals surface area contributed by atoms with Crippen LogP contribution in [0.5, 0.6) is 0 Å². The van der Waals surface area contributed by atoms with Gasteiger partial charge in [0.15, 0.2) is 0 Å². The largest absolute Gasteiger partial charge is 0.383 e. The van der Waals surface area contributed by atoms with Crippen molar-refractivity contribution in [2.75, 3.05) is 25.2 Å². The van der Waals surface area contributed by atoms with Crippen molar-refractivity contribution in [1.82, 2.24) is 19.5 Å². The molecule has 0 N–H and O–H groups in total. The van der Waals surface area contributed by atoms with E-state index in [2.05, 4.69) is 33.4 Å². The lowest BCUT2D eigenvalue weighted by Gasteiger charge is -2.53. The number of hydrogen-bond acceptors (Lipinski definition) is 7. The lowest BCUT2D eigenvalue weighted by atomic mass is 9.74. The lowest BCUT2D eigenvalue weighted by Crippen LogP contribution is -2.57. The maximum absolute atomic E-state index is 11.0. The van der Waals surface area contributed by atoms with Crippen LogP contribution in [0.3, 0.4) is 0 Å². The van der Waals surface area contributed by atoms with Gasteiger partial charge in [-0.05, 0) is 6.92 Å². The van der Waals surface area contributed by atoms with Gasteiger partial charge in [-0.3, -0.25) is 10.1 Å². The van der Waals surface area contributed by atoms with Gasteiger partial charge >= 0.3 is 5.69 Å². The fraction of sp³-hybridized carbons (Fsp3) is 0.562. The Hall–Kier alpha value is -2.55. The van der Waals surface area contributed by atoms with E-state index in [1.54, 1.807) is 20.2 Å². The molecule has 9 nitrogen and oxygen atoms in total. The van der Waals surface area contributed by atoms with Crippen LogP contribution in [-0.4, -0.2) is 44.7 Å². The molecule has 0 saturated carbocycles. The Morgan fingerprint density at radius 3 is 2.80 bits per heavy atom. The Morgan fingerprint density at radius 1 is 1.44 bits per heavy atom. The van der Waals surface area contributed by atoms with Crippen LogP contribution in [0.1, 0.15) is 31.4 Å². The molecule has 1 atom stereocenters. The summed E-state index contributed by atoms with van der Waals surface area (Å²) in [7, 11) is 1.67. The van der Waals surface area contributed by atoms with Crippen molar-refractivity contribution in [2.45, 2.75) is 33.4 Å². The number of anilines is 1. The predicted molar refractivity (Wildman–Crippen MR) is 91.4 cm³/mol. The number of nitro groups is 1. The van der Waals surface area contributed by atoms with Crippen LogP contribution in [0, 0.1) is 22.5 Å². The summed E-state index contributed by atoms with van der Waals surface area (Å²) in [5.41, 5.74) is 0.290. The van der Waals surface area contributed by atoms with Crippen molar-refractivity contribution in [1.29, 1.82) is 0 Å². The number of aryl methyl sites for hydroxylation is 1. The molecule has 3 heterocycles. The minimum absolute atomic E-state index is 0.000197. The monoisotopic (exact) mass is 346 g/mol. The van der Waals surface area contributed by atoms with E-state index in [0.29, 0.717) is 24.8 Å². The van der Waals surface area contributed by atoms with E-state index in [1.165, 1.54) is 6.20 Å². The second-order valence-corrected chi connectivity index (χ2v) is 6.89. The van der Waals surface area contributed by atoms with Gasteiger partial charge in [0.2, 0.25) is 5.95 Å². The molecule has 2 aromatic heterocycles. The third kappa shape index (κ3) is 3.07. The summed E-state index contributed by atoms with van der Waals surface area (Å²) in [6, 6.07) is 0.000197. The second-order valence-electron chi connectivity index (χ2n) is 6.89. The minimum Gasteiger partial charge on any atom is -0.383 e. The van der Waals surface area contributed by atoms with Crippen molar-refractivity contribution in [3.8, 4) is 0 Å². The molecule has 1 aliphatic heterocycles. The molecule has 0 aromatic carbocycles. The molecule has 0 amide bonds. The fourth-order valence-corrected chi connectivity index (χ4v) is 3.31. The Morgan fingerprint density at radius 2 is 2.20 bits per heavy atom. The van der Waals surface area contributed by atoms with Gasteiger partial charge in [0.1, 0.15) is 17.7 Å². The maximum Gasteiger partial charge on any atom is 0.308 e. The average molecular weight is 346 g/mol. The quantitative estimate of drug-likeness (QED) is 0.583. The Bertz CT molecular complexity index is 788. The summed E-state index contributed by atoms with van der Waals surface area (Å²) in [5, 5.41) is 11.0. The van der Waals surface area contributed by atoms with Gasteiger partial charge in [-0.2, -0.15) is 0 Å². The normalized spacial score (nSPS) is 18.9. The molecule has 1 fully saturated rings. The van der Waals surface area contributed by atoms with Crippen molar-refractivity contribution in [3.05, 3.63) is 40.2 Å². The van der Waals surface area contributed by atoms with E-state index in [1.807, 2.05) is 11.1 Å². The van der Waals surface area contributed by atoms with Crippen LogP contribution in [-0.2, 0) is 11.3 Å². The smallest absolute Gasteiger partial charge is 0.308 e. The highest BCUT2D eigenvalue weighted by atomic mass is 16.6. The van der Waals surface area contributed by atoms with Crippen LogP contribution >= 0.6 is 0 Å². The molecule has 1 aliphatic rings. The van der Waals surface area contributed by atoms with Gasteiger partial charge in [0, 0.05) is 38.0 Å². The molecule has 9 heteroatoms. The fourth-order valence-electron chi connectivity index (χ4n) is 3.31. The molecule has 2 aromatic rings.